The van der Waals surface area contributed by atoms with E-state index < -0.39 is 0 Å². The van der Waals surface area contributed by atoms with Crippen molar-refractivity contribution in [3.05, 3.63) is 30.3 Å². The zero-order chi connectivity index (χ0) is 16.2. The normalized spacial score (nSPS) is 29.6. The molecule has 1 aliphatic carbocycles. The third-order valence-electron chi connectivity index (χ3n) is 5.03. The lowest BCUT2D eigenvalue weighted by atomic mass is 9.95. The van der Waals surface area contributed by atoms with Gasteiger partial charge in [0.25, 0.3) is 0 Å². The summed E-state index contributed by atoms with van der Waals surface area (Å²) in [6.45, 7) is 2.29. The molecule has 0 bridgehead atoms. The van der Waals surface area contributed by atoms with Gasteiger partial charge >= 0.3 is 0 Å². The average Bonchev–Trinajstić information content (AvgIpc) is 3.17. The van der Waals surface area contributed by atoms with Crippen molar-refractivity contribution >= 4 is 34.8 Å². The summed E-state index contributed by atoms with van der Waals surface area (Å²) >= 11 is 13.0. The molecule has 126 valence electrons. The number of carbonyl (C=O) groups is 1. The Bertz CT molecular complexity index is 519. The van der Waals surface area contributed by atoms with E-state index in [0.717, 1.165) is 31.6 Å². The van der Waals surface area contributed by atoms with Crippen LogP contribution in [-0.2, 0) is 4.79 Å². The summed E-state index contributed by atoms with van der Waals surface area (Å²) in [6.07, 6.45) is 4.77. The summed E-state index contributed by atoms with van der Waals surface area (Å²) < 4.78 is 0. The van der Waals surface area contributed by atoms with E-state index >= 15 is 0 Å². The number of para-hydroxylation sites is 1. The number of nitrogens with zero attached hydrogens (tertiary/aromatic N) is 1. The molecule has 2 aliphatic rings. The lowest BCUT2D eigenvalue weighted by Gasteiger charge is -2.31. The van der Waals surface area contributed by atoms with Crippen LogP contribution < -0.4 is 5.32 Å². The third kappa shape index (κ3) is 4.40. The molecule has 3 rings (SSSR count). The maximum absolute atomic E-state index is 12.2. The number of benzene rings is 1. The molecule has 4 atom stereocenters. The van der Waals surface area contributed by atoms with Crippen molar-refractivity contribution in [2.45, 2.75) is 48.9 Å². The zero-order valence-electron chi connectivity index (χ0n) is 13.3. The smallest absolute Gasteiger partial charge is 0.225 e. The van der Waals surface area contributed by atoms with Crippen LogP contribution in [0.25, 0.3) is 0 Å². The first-order valence-electron chi connectivity index (χ1n) is 8.50. The van der Waals surface area contributed by atoms with Crippen LogP contribution in [0.5, 0.6) is 0 Å². The van der Waals surface area contributed by atoms with Gasteiger partial charge in [0.2, 0.25) is 5.91 Å². The summed E-state index contributed by atoms with van der Waals surface area (Å²) in [5.41, 5.74) is 0.819. The molecule has 1 heterocycles. The van der Waals surface area contributed by atoms with E-state index in [1.54, 1.807) is 0 Å². The molecule has 5 heteroatoms. The summed E-state index contributed by atoms with van der Waals surface area (Å²) in [7, 11) is 0. The van der Waals surface area contributed by atoms with Crippen LogP contribution in [0.3, 0.4) is 0 Å². The van der Waals surface area contributed by atoms with Crippen LogP contribution in [0.15, 0.2) is 30.3 Å². The van der Waals surface area contributed by atoms with Gasteiger partial charge in [0.1, 0.15) is 0 Å². The van der Waals surface area contributed by atoms with Gasteiger partial charge in [-0.3, -0.25) is 4.79 Å². The largest absolute Gasteiger partial charge is 0.326 e. The molecule has 0 spiro atoms. The Morgan fingerprint density at radius 1 is 1.22 bits per heavy atom. The number of likely N-dealkylation sites (tertiary alicyclic amines) is 1. The van der Waals surface area contributed by atoms with E-state index in [4.69, 9.17) is 23.2 Å². The molecule has 1 aromatic rings. The molecule has 3 nitrogen and oxygen atoms in total. The molecular weight excluding hydrogens is 331 g/mol. The van der Waals surface area contributed by atoms with Crippen LogP contribution in [0.1, 0.15) is 32.1 Å². The Morgan fingerprint density at radius 2 is 1.91 bits per heavy atom. The molecule has 1 saturated carbocycles. The Hall–Kier alpha value is -0.770. The molecule has 1 aliphatic heterocycles. The second-order valence-corrected chi connectivity index (χ2v) is 7.86. The van der Waals surface area contributed by atoms with Crippen LogP contribution >= 0.6 is 23.2 Å². The van der Waals surface area contributed by atoms with E-state index in [-0.39, 0.29) is 16.7 Å². The van der Waals surface area contributed by atoms with Crippen molar-refractivity contribution < 1.29 is 4.79 Å². The lowest BCUT2D eigenvalue weighted by molar-refractivity contribution is -0.116. The number of nitrogens with one attached hydrogen (secondary N) is 1. The number of anilines is 1. The van der Waals surface area contributed by atoms with E-state index in [1.165, 1.54) is 12.8 Å². The fourth-order valence-corrected chi connectivity index (χ4v) is 4.73. The van der Waals surface area contributed by atoms with Crippen molar-refractivity contribution in [1.29, 1.82) is 0 Å². The van der Waals surface area contributed by atoms with Crippen molar-refractivity contribution in [2.24, 2.45) is 5.92 Å². The SMILES string of the molecule is O=C(CC(Cl)C1CC(Cl)CC1N1CCCC1)Nc1ccccc1. The monoisotopic (exact) mass is 354 g/mol. The van der Waals surface area contributed by atoms with E-state index in [1.807, 2.05) is 30.3 Å². The quantitative estimate of drug-likeness (QED) is 0.807. The minimum Gasteiger partial charge on any atom is -0.326 e. The Morgan fingerprint density at radius 3 is 2.61 bits per heavy atom. The van der Waals surface area contributed by atoms with Gasteiger partial charge in [0.05, 0.1) is 0 Å². The van der Waals surface area contributed by atoms with Gasteiger partial charge in [-0.1, -0.05) is 18.2 Å². The number of alkyl halides is 2. The third-order valence-corrected chi connectivity index (χ3v) is 5.87. The molecule has 1 aromatic carbocycles. The molecule has 2 fully saturated rings. The van der Waals surface area contributed by atoms with Crippen molar-refractivity contribution in [2.75, 3.05) is 18.4 Å². The second kappa shape index (κ2) is 7.87. The molecule has 0 radical (unpaired) electrons. The fourth-order valence-electron chi connectivity index (χ4n) is 3.93. The van der Waals surface area contributed by atoms with Gasteiger partial charge in [0, 0.05) is 28.9 Å². The van der Waals surface area contributed by atoms with Crippen molar-refractivity contribution in [3.8, 4) is 0 Å². The first-order chi connectivity index (χ1) is 11.1. The van der Waals surface area contributed by atoms with Crippen molar-refractivity contribution in [1.82, 2.24) is 4.90 Å². The topological polar surface area (TPSA) is 32.3 Å². The van der Waals surface area contributed by atoms with Crippen molar-refractivity contribution in [3.63, 3.8) is 0 Å². The highest BCUT2D eigenvalue weighted by molar-refractivity contribution is 6.23. The minimum absolute atomic E-state index is 0.0191. The molecule has 1 N–H and O–H groups in total. The first-order valence-corrected chi connectivity index (χ1v) is 9.38. The second-order valence-electron chi connectivity index (χ2n) is 6.68. The van der Waals surface area contributed by atoms with Gasteiger partial charge in [-0.15, -0.1) is 23.2 Å². The molecular formula is C18H24Cl2N2O. The highest BCUT2D eigenvalue weighted by Crippen LogP contribution is 2.39. The fraction of sp³-hybridized carbons (Fsp3) is 0.611. The zero-order valence-corrected chi connectivity index (χ0v) is 14.8. The average molecular weight is 355 g/mol. The highest BCUT2D eigenvalue weighted by atomic mass is 35.5. The molecule has 23 heavy (non-hydrogen) atoms. The van der Waals surface area contributed by atoms with Crippen LogP contribution in [0.2, 0.25) is 0 Å². The van der Waals surface area contributed by atoms with Gasteiger partial charge in [-0.05, 0) is 56.8 Å². The van der Waals surface area contributed by atoms with Crippen LogP contribution in [0.4, 0.5) is 5.69 Å². The number of hydrogen-bond acceptors (Lipinski definition) is 2. The van der Waals surface area contributed by atoms with Crippen LogP contribution in [0, 0.1) is 5.92 Å². The van der Waals surface area contributed by atoms with Gasteiger partial charge < -0.3 is 10.2 Å². The predicted octanol–water partition coefficient (Wildman–Crippen LogP) is 4.10. The Kier molecular flexibility index (Phi) is 5.84. The van der Waals surface area contributed by atoms with Gasteiger partial charge in [-0.2, -0.15) is 0 Å². The Balaban J connectivity index is 1.57. The van der Waals surface area contributed by atoms with E-state index in [9.17, 15) is 4.79 Å². The van der Waals surface area contributed by atoms with E-state index in [2.05, 4.69) is 10.2 Å². The summed E-state index contributed by atoms with van der Waals surface area (Å²) in [5, 5.41) is 2.95. The maximum atomic E-state index is 12.2. The maximum Gasteiger partial charge on any atom is 0.225 e. The first kappa shape index (κ1) is 17.1. The standard InChI is InChI=1S/C18H24Cl2N2O/c19-13-10-15(17(11-13)22-8-4-5-9-22)16(20)12-18(23)21-14-6-2-1-3-7-14/h1-3,6-7,13,15-17H,4-5,8-12H2,(H,21,23). The van der Waals surface area contributed by atoms with Crippen LogP contribution in [-0.4, -0.2) is 40.7 Å². The molecule has 4 unspecified atom stereocenters. The van der Waals surface area contributed by atoms with Gasteiger partial charge in [0.15, 0.2) is 0 Å². The Labute approximate surface area is 148 Å². The minimum atomic E-state index is -0.159. The van der Waals surface area contributed by atoms with Gasteiger partial charge in [-0.25, -0.2) is 0 Å². The molecule has 1 saturated heterocycles. The number of hydrogen-bond donors (Lipinski definition) is 1. The molecule has 0 aromatic heterocycles. The molecule has 1 amide bonds. The number of rotatable bonds is 5. The summed E-state index contributed by atoms with van der Waals surface area (Å²) in [5.74, 6) is 0.285. The summed E-state index contributed by atoms with van der Waals surface area (Å²) in [4.78, 5) is 14.8. The number of carbonyl (C=O) groups excluding carboxylic acids is 1. The lowest BCUT2D eigenvalue weighted by Crippen LogP contribution is -2.39. The predicted molar refractivity (Wildman–Crippen MR) is 96.3 cm³/mol. The number of amides is 1. The number of halogens is 2. The highest BCUT2D eigenvalue weighted by Gasteiger charge is 2.41. The van der Waals surface area contributed by atoms with E-state index in [0.29, 0.717) is 18.4 Å². The summed E-state index contributed by atoms with van der Waals surface area (Å²) in [6, 6.07) is 9.96.